The van der Waals surface area contributed by atoms with Crippen LogP contribution in [0.5, 0.6) is 0 Å². The maximum absolute atomic E-state index is 13.4. The van der Waals surface area contributed by atoms with Crippen LogP contribution in [0, 0.1) is 6.92 Å². The quantitative estimate of drug-likeness (QED) is 0.627. The highest BCUT2D eigenvalue weighted by molar-refractivity contribution is 7.98. The highest BCUT2D eigenvalue weighted by Crippen LogP contribution is 2.30. The number of rotatable bonds is 6. The fourth-order valence-corrected chi connectivity index (χ4v) is 5.77. The van der Waals surface area contributed by atoms with Gasteiger partial charge in [-0.15, -0.1) is 11.8 Å². The third-order valence-corrected chi connectivity index (χ3v) is 7.91. The average molecular weight is 426 g/mol. The summed E-state index contributed by atoms with van der Waals surface area (Å²) in [6.45, 7) is 3.44. The summed E-state index contributed by atoms with van der Waals surface area (Å²) in [7, 11) is -3.61. The Morgan fingerprint density at radius 3 is 2.44 bits per heavy atom. The normalized spacial score (nSPS) is 16.0. The molecule has 0 atom stereocenters. The van der Waals surface area contributed by atoms with Gasteiger partial charge in [0.2, 0.25) is 10.0 Å². The number of hydrogen-bond acceptors (Lipinski definition) is 4. The van der Waals surface area contributed by atoms with Gasteiger partial charge in [-0.05, 0) is 55.9 Å². The van der Waals surface area contributed by atoms with Gasteiger partial charge in [0.15, 0.2) is 0 Å². The first-order valence-electron chi connectivity index (χ1n) is 8.90. The number of nitrogens with zero attached hydrogens (tertiary/aromatic N) is 1. The second-order valence-electron chi connectivity index (χ2n) is 6.68. The van der Waals surface area contributed by atoms with Crippen LogP contribution < -0.4 is 0 Å². The van der Waals surface area contributed by atoms with Crippen molar-refractivity contribution in [2.24, 2.45) is 0 Å². The summed E-state index contributed by atoms with van der Waals surface area (Å²) < 4.78 is 33.9. The first-order chi connectivity index (χ1) is 12.9. The van der Waals surface area contributed by atoms with E-state index in [1.54, 1.807) is 28.2 Å². The Morgan fingerprint density at radius 2 is 1.81 bits per heavy atom. The van der Waals surface area contributed by atoms with Crippen LogP contribution >= 0.6 is 23.4 Å². The van der Waals surface area contributed by atoms with Gasteiger partial charge < -0.3 is 4.74 Å². The Morgan fingerprint density at radius 1 is 1.15 bits per heavy atom. The molecule has 0 radical (unpaired) electrons. The Kier molecular flexibility index (Phi) is 6.87. The molecule has 1 saturated heterocycles. The lowest BCUT2D eigenvalue weighted by atomic mass is 10.1. The van der Waals surface area contributed by atoms with E-state index in [1.165, 1.54) is 0 Å². The molecule has 0 N–H and O–H groups in total. The Hall–Kier alpha value is -1.05. The SMILES string of the molecule is CSc1cc(CN(C2CCOCC2)S(=O)(=O)c2ccc(C)cc2)ccc1Cl. The van der Waals surface area contributed by atoms with Gasteiger partial charge in [0, 0.05) is 30.7 Å². The van der Waals surface area contributed by atoms with E-state index in [-0.39, 0.29) is 6.04 Å². The highest BCUT2D eigenvalue weighted by Gasteiger charge is 2.32. The summed E-state index contributed by atoms with van der Waals surface area (Å²) in [6, 6.07) is 12.7. The van der Waals surface area contributed by atoms with Crippen LogP contribution in [-0.4, -0.2) is 38.2 Å². The minimum Gasteiger partial charge on any atom is -0.381 e. The molecule has 2 aromatic rings. The van der Waals surface area contributed by atoms with Crippen molar-refractivity contribution in [1.82, 2.24) is 4.31 Å². The van der Waals surface area contributed by atoms with E-state index in [0.29, 0.717) is 42.5 Å². The largest absolute Gasteiger partial charge is 0.381 e. The topological polar surface area (TPSA) is 46.6 Å². The maximum atomic E-state index is 13.4. The van der Waals surface area contributed by atoms with Crippen molar-refractivity contribution in [3.8, 4) is 0 Å². The van der Waals surface area contributed by atoms with Crippen LogP contribution in [0.1, 0.15) is 24.0 Å². The van der Waals surface area contributed by atoms with E-state index in [4.69, 9.17) is 16.3 Å². The molecule has 7 heteroatoms. The van der Waals surface area contributed by atoms with Gasteiger partial charge in [-0.1, -0.05) is 35.4 Å². The predicted molar refractivity (Wildman–Crippen MR) is 111 cm³/mol. The molecule has 0 unspecified atom stereocenters. The molecule has 0 aliphatic carbocycles. The third-order valence-electron chi connectivity index (χ3n) is 4.78. The van der Waals surface area contributed by atoms with Crippen LogP contribution in [0.4, 0.5) is 0 Å². The van der Waals surface area contributed by atoms with Crippen molar-refractivity contribution in [1.29, 1.82) is 0 Å². The smallest absolute Gasteiger partial charge is 0.243 e. The molecular formula is C20H24ClNO3S2. The number of aryl methyl sites for hydroxylation is 1. The van der Waals surface area contributed by atoms with Crippen LogP contribution in [0.2, 0.25) is 5.02 Å². The van der Waals surface area contributed by atoms with E-state index in [9.17, 15) is 8.42 Å². The lowest BCUT2D eigenvalue weighted by Crippen LogP contribution is -2.42. The highest BCUT2D eigenvalue weighted by atomic mass is 35.5. The average Bonchev–Trinajstić information content (AvgIpc) is 2.68. The van der Waals surface area contributed by atoms with E-state index < -0.39 is 10.0 Å². The molecule has 0 amide bonds. The molecule has 27 heavy (non-hydrogen) atoms. The molecular weight excluding hydrogens is 402 g/mol. The summed E-state index contributed by atoms with van der Waals surface area (Å²) in [4.78, 5) is 1.28. The molecule has 1 aliphatic heterocycles. The fourth-order valence-electron chi connectivity index (χ4n) is 3.21. The lowest BCUT2D eigenvalue weighted by molar-refractivity contribution is 0.0569. The predicted octanol–water partition coefficient (Wildman–Crippen LogP) is 4.74. The first kappa shape index (κ1) is 20.7. The Balaban J connectivity index is 1.96. The zero-order valence-electron chi connectivity index (χ0n) is 15.5. The van der Waals surface area contributed by atoms with E-state index >= 15 is 0 Å². The minimum atomic E-state index is -3.61. The Labute approximate surface area is 170 Å². The maximum Gasteiger partial charge on any atom is 0.243 e. The lowest BCUT2D eigenvalue weighted by Gasteiger charge is -2.33. The van der Waals surface area contributed by atoms with Crippen molar-refractivity contribution in [3.05, 3.63) is 58.6 Å². The van der Waals surface area contributed by atoms with Crippen LogP contribution in [-0.2, 0) is 21.3 Å². The molecule has 2 aromatic carbocycles. The second kappa shape index (κ2) is 8.97. The third kappa shape index (κ3) is 4.87. The molecule has 0 bridgehead atoms. The number of thioether (sulfide) groups is 1. The molecule has 0 aromatic heterocycles. The second-order valence-corrected chi connectivity index (χ2v) is 9.82. The fraction of sp³-hybridized carbons (Fsp3) is 0.400. The zero-order valence-corrected chi connectivity index (χ0v) is 17.9. The molecule has 4 nitrogen and oxygen atoms in total. The van der Waals surface area contributed by atoms with Crippen molar-refractivity contribution in [3.63, 3.8) is 0 Å². The number of halogens is 1. The molecule has 1 aliphatic rings. The van der Waals surface area contributed by atoms with Crippen molar-refractivity contribution in [2.75, 3.05) is 19.5 Å². The Bertz CT molecular complexity index is 879. The van der Waals surface area contributed by atoms with Gasteiger partial charge in [-0.3, -0.25) is 0 Å². The van der Waals surface area contributed by atoms with Crippen LogP contribution in [0.15, 0.2) is 52.3 Å². The van der Waals surface area contributed by atoms with Gasteiger partial charge in [0.1, 0.15) is 0 Å². The standard InChI is InChI=1S/C20H24ClNO3S2/c1-15-3-6-18(7-4-15)27(23,24)22(17-9-11-25-12-10-17)14-16-5-8-19(21)20(13-16)26-2/h3-8,13,17H,9-12,14H2,1-2H3. The van der Waals surface area contributed by atoms with Crippen LogP contribution in [0.25, 0.3) is 0 Å². The van der Waals surface area contributed by atoms with Crippen molar-refractivity contribution >= 4 is 33.4 Å². The molecule has 3 rings (SSSR count). The minimum absolute atomic E-state index is 0.0709. The molecule has 0 spiro atoms. The monoisotopic (exact) mass is 425 g/mol. The van der Waals surface area contributed by atoms with Gasteiger partial charge in [-0.25, -0.2) is 8.42 Å². The summed E-state index contributed by atoms with van der Waals surface area (Å²) in [5.74, 6) is 0. The van der Waals surface area contributed by atoms with Gasteiger partial charge >= 0.3 is 0 Å². The number of sulfonamides is 1. The number of benzene rings is 2. The summed E-state index contributed by atoms with van der Waals surface area (Å²) >= 11 is 7.77. The number of hydrogen-bond donors (Lipinski definition) is 0. The van der Waals surface area contributed by atoms with E-state index in [1.807, 2.05) is 43.5 Å². The summed E-state index contributed by atoms with van der Waals surface area (Å²) in [5.41, 5.74) is 1.97. The zero-order chi connectivity index (χ0) is 19.4. The van der Waals surface area contributed by atoms with E-state index in [2.05, 4.69) is 0 Å². The van der Waals surface area contributed by atoms with Gasteiger partial charge in [-0.2, -0.15) is 4.31 Å². The van der Waals surface area contributed by atoms with Crippen molar-refractivity contribution < 1.29 is 13.2 Å². The molecule has 0 saturated carbocycles. The van der Waals surface area contributed by atoms with E-state index in [0.717, 1.165) is 16.0 Å². The van der Waals surface area contributed by atoms with Gasteiger partial charge in [0.25, 0.3) is 0 Å². The van der Waals surface area contributed by atoms with Crippen LogP contribution in [0.3, 0.4) is 0 Å². The molecule has 1 heterocycles. The summed E-state index contributed by atoms with van der Waals surface area (Å²) in [5, 5.41) is 0.685. The van der Waals surface area contributed by atoms with Crippen molar-refractivity contribution in [2.45, 2.75) is 42.1 Å². The summed E-state index contributed by atoms with van der Waals surface area (Å²) in [6.07, 6.45) is 3.37. The molecule has 146 valence electrons. The first-order valence-corrected chi connectivity index (χ1v) is 11.9. The molecule has 1 fully saturated rings. The van der Waals surface area contributed by atoms with Gasteiger partial charge in [0.05, 0.1) is 9.92 Å². The number of ether oxygens (including phenoxy) is 1.